The van der Waals surface area contributed by atoms with Gasteiger partial charge in [0.15, 0.2) is 12.0 Å². The van der Waals surface area contributed by atoms with Crippen LogP contribution in [0.3, 0.4) is 0 Å². The van der Waals surface area contributed by atoms with Crippen molar-refractivity contribution in [3.63, 3.8) is 0 Å². The molecule has 2 heterocycles. The van der Waals surface area contributed by atoms with E-state index in [9.17, 15) is 4.79 Å². The Morgan fingerprint density at radius 1 is 1.31 bits per heavy atom. The van der Waals surface area contributed by atoms with Crippen LogP contribution in [0.15, 0.2) is 16.5 Å². The summed E-state index contributed by atoms with van der Waals surface area (Å²) >= 11 is 0. The Labute approximate surface area is 76.0 Å². The Bertz CT molecular complexity index is 290. The zero-order chi connectivity index (χ0) is 9.10. The molecule has 1 fully saturated rings. The van der Waals surface area contributed by atoms with Gasteiger partial charge in [0.25, 0.3) is 0 Å². The van der Waals surface area contributed by atoms with Crippen LogP contribution in [0.25, 0.3) is 0 Å². The lowest BCUT2D eigenvalue weighted by Crippen LogP contribution is -2.40. The van der Waals surface area contributed by atoms with Crippen molar-refractivity contribution < 1.29 is 18.5 Å². The largest absolute Gasteiger partial charge is 0.531 e. The first-order chi connectivity index (χ1) is 6.40. The van der Waals surface area contributed by atoms with E-state index in [0.717, 1.165) is 6.42 Å². The maximum Gasteiger partial charge on any atom is 0.531 e. The topological polar surface area (TPSA) is 48.7 Å². The Kier molecular flexibility index (Phi) is 2.47. The molecule has 1 saturated heterocycles. The number of carbonyl (C=O) groups excluding carboxylic acids is 1. The molecule has 0 atom stereocenters. The third-order valence-electron chi connectivity index (χ3n) is 1.82. The molecule has 1 aliphatic rings. The molecule has 0 unspecified atom stereocenters. The fourth-order valence-corrected chi connectivity index (χ4v) is 1.21. The summed E-state index contributed by atoms with van der Waals surface area (Å²) in [6.07, 6.45) is 1.56. The normalized spacial score (nSPS) is 17.4. The summed E-state index contributed by atoms with van der Waals surface area (Å²) < 4.78 is 15.7. The van der Waals surface area contributed by atoms with E-state index >= 15 is 0 Å². The molecule has 0 aromatic carbocycles. The van der Waals surface area contributed by atoms with Gasteiger partial charge in [-0.05, 0) is 18.6 Å². The Morgan fingerprint density at radius 2 is 2.08 bits per heavy atom. The standard InChI is InChI=1S/C8H9BO4/c10-6-7-2-3-8(13-7)9-11-4-1-5-12-9/h2-3,6H,1,4-5H2. The summed E-state index contributed by atoms with van der Waals surface area (Å²) in [7, 11) is -0.442. The van der Waals surface area contributed by atoms with Crippen molar-refractivity contribution in [2.75, 3.05) is 13.2 Å². The van der Waals surface area contributed by atoms with E-state index in [1.165, 1.54) is 0 Å². The van der Waals surface area contributed by atoms with Crippen LogP contribution in [0.4, 0.5) is 0 Å². The van der Waals surface area contributed by atoms with E-state index in [-0.39, 0.29) is 0 Å². The zero-order valence-electron chi connectivity index (χ0n) is 7.06. The van der Waals surface area contributed by atoms with Crippen LogP contribution in [-0.2, 0) is 9.31 Å². The van der Waals surface area contributed by atoms with Crippen molar-refractivity contribution in [2.24, 2.45) is 0 Å². The molecule has 0 N–H and O–H groups in total. The van der Waals surface area contributed by atoms with Gasteiger partial charge in [0.05, 0.1) is 0 Å². The molecule has 0 saturated carbocycles. The van der Waals surface area contributed by atoms with Crippen molar-refractivity contribution in [3.05, 3.63) is 17.9 Å². The van der Waals surface area contributed by atoms with Crippen molar-refractivity contribution in [3.8, 4) is 0 Å². The van der Waals surface area contributed by atoms with Gasteiger partial charge in [-0.3, -0.25) is 4.79 Å². The third kappa shape index (κ3) is 1.81. The molecular weight excluding hydrogens is 171 g/mol. The van der Waals surface area contributed by atoms with Crippen molar-refractivity contribution in [2.45, 2.75) is 6.42 Å². The monoisotopic (exact) mass is 180 g/mol. The molecule has 0 radical (unpaired) electrons. The lowest BCUT2D eigenvalue weighted by atomic mass is 9.85. The van der Waals surface area contributed by atoms with E-state index < -0.39 is 7.12 Å². The quantitative estimate of drug-likeness (QED) is 0.482. The van der Waals surface area contributed by atoms with E-state index in [2.05, 4.69) is 0 Å². The molecule has 0 bridgehead atoms. The number of hydrogen-bond acceptors (Lipinski definition) is 4. The van der Waals surface area contributed by atoms with Gasteiger partial charge in [0.1, 0.15) is 5.66 Å². The van der Waals surface area contributed by atoms with Gasteiger partial charge in [0, 0.05) is 13.2 Å². The highest BCUT2D eigenvalue weighted by atomic mass is 16.6. The summed E-state index contributed by atoms with van der Waals surface area (Å²) in [5.41, 5.74) is 0.557. The van der Waals surface area contributed by atoms with Crippen LogP contribution in [0.2, 0.25) is 0 Å². The van der Waals surface area contributed by atoms with Gasteiger partial charge < -0.3 is 13.7 Å². The van der Waals surface area contributed by atoms with Gasteiger partial charge in [-0.1, -0.05) is 0 Å². The molecule has 5 heteroatoms. The second-order valence-corrected chi connectivity index (χ2v) is 2.79. The van der Waals surface area contributed by atoms with Crippen molar-refractivity contribution in [1.29, 1.82) is 0 Å². The molecular formula is C8H9BO4. The maximum atomic E-state index is 10.3. The number of hydrogen-bond donors (Lipinski definition) is 0. The first-order valence-corrected chi connectivity index (χ1v) is 4.18. The lowest BCUT2D eigenvalue weighted by molar-refractivity contribution is 0.110. The second kappa shape index (κ2) is 3.76. The smallest absolute Gasteiger partial charge is 0.462 e. The Hall–Kier alpha value is -1.07. The minimum Gasteiger partial charge on any atom is -0.462 e. The molecule has 4 nitrogen and oxygen atoms in total. The molecule has 2 rings (SSSR count). The summed E-state index contributed by atoms with van der Waals surface area (Å²) in [6, 6.07) is 3.30. The highest BCUT2D eigenvalue weighted by Crippen LogP contribution is 2.03. The van der Waals surface area contributed by atoms with Crippen LogP contribution in [-0.4, -0.2) is 26.6 Å². The molecule has 1 aromatic heterocycles. The van der Waals surface area contributed by atoms with Crippen LogP contribution >= 0.6 is 0 Å². The fourth-order valence-electron chi connectivity index (χ4n) is 1.21. The van der Waals surface area contributed by atoms with Gasteiger partial charge in [-0.2, -0.15) is 0 Å². The highest BCUT2D eigenvalue weighted by Gasteiger charge is 2.27. The molecule has 0 spiro atoms. The Balaban J connectivity index is 2.09. The average Bonchev–Trinajstić information content (AvgIpc) is 2.67. The van der Waals surface area contributed by atoms with Gasteiger partial charge in [-0.25, -0.2) is 0 Å². The SMILES string of the molecule is O=Cc1ccc(B2OCCCO2)o1. The molecule has 1 aromatic rings. The molecule has 0 amide bonds. The number of furan rings is 1. The van der Waals surface area contributed by atoms with E-state index in [1.807, 2.05) is 0 Å². The number of aldehydes is 1. The summed E-state index contributed by atoms with van der Waals surface area (Å²) in [6.45, 7) is 1.34. The van der Waals surface area contributed by atoms with E-state index in [0.29, 0.717) is 30.9 Å². The molecule has 68 valence electrons. The van der Waals surface area contributed by atoms with E-state index in [1.54, 1.807) is 12.1 Å². The van der Waals surface area contributed by atoms with Gasteiger partial charge in [-0.15, -0.1) is 0 Å². The average molecular weight is 180 g/mol. The predicted molar refractivity (Wildman–Crippen MR) is 46.0 cm³/mol. The summed E-state index contributed by atoms with van der Waals surface area (Å²) in [5.74, 6) is 0.299. The first-order valence-electron chi connectivity index (χ1n) is 4.18. The maximum absolute atomic E-state index is 10.3. The van der Waals surface area contributed by atoms with Gasteiger partial charge in [0.2, 0.25) is 0 Å². The van der Waals surface area contributed by atoms with Crippen molar-refractivity contribution in [1.82, 2.24) is 0 Å². The highest BCUT2D eigenvalue weighted by molar-refractivity contribution is 6.59. The molecule has 1 aliphatic heterocycles. The third-order valence-corrected chi connectivity index (χ3v) is 1.82. The van der Waals surface area contributed by atoms with Crippen LogP contribution in [0, 0.1) is 0 Å². The number of rotatable bonds is 2. The fraction of sp³-hybridized carbons (Fsp3) is 0.375. The molecule has 0 aliphatic carbocycles. The van der Waals surface area contributed by atoms with Gasteiger partial charge >= 0.3 is 7.12 Å². The first kappa shape index (κ1) is 8.53. The summed E-state index contributed by atoms with van der Waals surface area (Å²) in [4.78, 5) is 10.3. The van der Waals surface area contributed by atoms with Crippen LogP contribution in [0.5, 0.6) is 0 Å². The molecule has 13 heavy (non-hydrogen) atoms. The Morgan fingerprint density at radius 3 is 2.69 bits per heavy atom. The summed E-state index contributed by atoms with van der Waals surface area (Å²) in [5, 5.41) is 0. The minimum absolute atomic E-state index is 0.299. The zero-order valence-corrected chi connectivity index (χ0v) is 7.06. The second-order valence-electron chi connectivity index (χ2n) is 2.79. The minimum atomic E-state index is -0.442. The number of carbonyl (C=O) groups is 1. The van der Waals surface area contributed by atoms with Crippen molar-refractivity contribution >= 4 is 19.1 Å². The predicted octanol–water partition coefficient (Wildman–Crippen LogP) is 0.224. The van der Waals surface area contributed by atoms with Crippen LogP contribution < -0.4 is 5.66 Å². The van der Waals surface area contributed by atoms with E-state index in [4.69, 9.17) is 13.7 Å². The lowest BCUT2D eigenvalue weighted by Gasteiger charge is -2.17. The van der Waals surface area contributed by atoms with Crippen LogP contribution in [0.1, 0.15) is 17.0 Å².